The number of hydrogen-bond donors (Lipinski definition) is 1. The Kier molecular flexibility index (Phi) is 3.54. The normalized spacial score (nSPS) is 17.4. The summed E-state index contributed by atoms with van der Waals surface area (Å²) in [6.45, 7) is 2.82. The quantitative estimate of drug-likeness (QED) is 0.809. The Morgan fingerprint density at radius 2 is 1.88 bits per heavy atom. The Morgan fingerprint density at radius 3 is 2.38 bits per heavy atom. The zero-order valence-corrected chi connectivity index (χ0v) is 9.47. The van der Waals surface area contributed by atoms with Gasteiger partial charge in [0.1, 0.15) is 11.6 Å². The Bertz CT molecular complexity index is 341. The molecule has 0 radical (unpaired) electrons. The van der Waals surface area contributed by atoms with Gasteiger partial charge in [0.25, 0.3) is 0 Å². The Hall–Kier alpha value is -0.960. The molecule has 1 fully saturated rings. The molecule has 0 aliphatic heterocycles. The van der Waals surface area contributed by atoms with Crippen molar-refractivity contribution in [2.45, 2.75) is 32.2 Å². The van der Waals surface area contributed by atoms with E-state index in [0.29, 0.717) is 0 Å². The summed E-state index contributed by atoms with van der Waals surface area (Å²) in [5.74, 6) is -0.252. The van der Waals surface area contributed by atoms with Gasteiger partial charge in [-0.25, -0.2) is 8.78 Å². The fourth-order valence-electron chi connectivity index (χ4n) is 2.05. The summed E-state index contributed by atoms with van der Waals surface area (Å²) < 4.78 is 26.2. The van der Waals surface area contributed by atoms with Crippen LogP contribution in [0.3, 0.4) is 0 Å². The minimum atomic E-state index is -0.492. The fourth-order valence-corrected chi connectivity index (χ4v) is 2.05. The van der Waals surface area contributed by atoms with Crippen LogP contribution in [0.4, 0.5) is 8.78 Å². The highest BCUT2D eigenvalue weighted by Gasteiger charge is 2.26. The van der Waals surface area contributed by atoms with Crippen molar-refractivity contribution in [3.63, 3.8) is 0 Å². The monoisotopic (exact) mass is 225 g/mol. The smallest absolute Gasteiger partial charge is 0.126 e. The topological polar surface area (TPSA) is 12.0 Å². The van der Waals surface area contributed by atoms with E-state index >= 15 is 0 Å². The minimum Gasteiger partial charge on any atom is -0.310 e. The summed E-state index contributed by atoms with van der Waals surface area (Å²) in [5.41, 5.74) is 0.728. The van der Waals surface area contributed by atoms with Crippen LogP contribution >= 0.6 is 0 Å². The van der Waals surface area contributed by atoms with Gasteiger partial charge in [0.2, 0.25) is 0 Å². The maximum Gasteiger partial charge on any atom is 0.126 e. The lowest BCUT2D eigenvalue weighted by molar-refractivity contribution is 0.478. The van der Waals surface area contributed by atoms with E-state index in [1.54, 1.807) is 0 Å². The van der Waals surface area contributed by atoms with Crippen molar-refractivity contribution in [2.75, 3.05) is 6.54 Å². The molecule has 88 valence electrons. The number of halogens is 2. The van der Waals surface area contributed by atoms with Gasteiger partial charge in [-0.3, -0.25) is 0 Å². The van der Waals surface area contributed by atoms with Gasteiger partial charge in [0.05, 0.1) is 0 Å². The van der Waals surface area contributed by atoms with Crippen molar-refractivity contribution in [3.05, 3.63) is 35.4 Å². The lowest BCUT2D eigenvalue weighted by Crippen LogP contribution is -2.21. The van der Waals surface area contributed by atoms with Gasteiger partial charge < -0.3 is 5.32 Å². The maximum absolute atomic E-state index is 13.1. The van der Waals surface area contributed by atoms with Crippen molar-refractivity contribution in [3.8, 4) is 0 Å². The molecule has 2 rings (SSSR count). The molecule has 0 saturated heterocycles. The highest BCUT2D eigenvalue weighted by atomic mass is 19.1. The van der Waals surface area contributed by atoms with E-state index in [1.165, 1.54) is 25.0 Å². The molecule has 1 aliphatic carbocycles. The third kappa shape index (κ3) is 3.01. The Balaban J connectivity index is 2.15. The molecule has 0 spiro atoms. The molecule has 0 bridgehead atoms. The van der Waals surface area contributed by atoms with Gasteiger partial charge in [-0.2, -0.15) is 0 Å². The van der Waals surface area contributed by atoms with Crippen LogP contribution in [-0.4, -0.2) is 6.54 Å². The van der Waals surface area contributed by atoms with Gasteiger partial charge in [0, 0.05) is 12.1 Å². The van der Waals surface area contributed by atoms with Crippen LogP contribution in [0.15, 0.2) is 18.2 Å². The van der Waals surface area contributed by atoms with Crippen molar-refractivity contribution >= 4 is 0 Å². The predicted octanol–water partition coefficient (Wildman–Crippen LogP) is 3.42. The maximum atomic E-state index is 13.1. The number of rotatable bonds is 5. The molecular weight excluding hydrogens is 208 g/mol. The molecule has 1 unspecified atom stereocenters. The van der Waals surface area contributed by atoms with E-state index in [1.807, 2.05) is 6.92 Å². The standard InChI is InChI=1S/C13H17F2N/c1-2-16-13(5-9-3-4-9)10-6-11(14)8-12(15)7-10/h6-9,13,16H,2-5H2,1H3. The second kappa shape index (κ2) is 4.91. The summed E-state index contributed by atoms with van der Waals surface area (Å²) >= 11 is 0. The van der Waals surface area contributed by atoms with Crippen LogP contribution in [0, 0.1) is 17.6 Å². The fraction of sp³-hybridized carbons (Fsp3) is 0.538. The zero-order valence-electron chi connectivity index (χ0n) is 9.47. The van der Waals surface area contributed by atoms with Gasteiger partial charge >= 0.3 is 0 Å². The van der Waals surface area contributed by atoms with Gasteiger partial charge in [-0.15, -0.1) is 0 Å². The molecule has 1 N–H and O–H groups in total. The average molecular weight is 225 g/mol. The summed E-state index contributed by atoms with van der Waals surface area (Å²) in [7, 11) is 0. The molecule has 1 atom stereocenters. The lowest BCUT2D eigenvalue weighted by Gasteiger charge is -2.18. The first-order valence-corrected chi connectivity index (χ1v) is 5.88. The molecule has 1 aromatic rings. The predicted molar refractivity (Wildman–Crippen MR) is 60.1 cm³/mol. The molecule has 1 nitrogen and oxygen atoms in total. The second-order valence-corrected chi connectivity index (χ2v) is 4.49. The van der Waals surface area contributed by atoms with Gasteiger partial charge in [-0.05, 0) is 36.6 Å². The van der Waals surface area contributed by atoms with E-state index in [-0.39, 0.29) is 6.04 Å². The number of benzene rings is 1. The molecule has 0 aromatic heterocycles. The third-order valence-corrected chi connectivity index (χ3v) is 3.00. The molecule has 1 aliphatic rings. The summed E-state index contributed by atoms with van der Waals surface area (Å²) in [6, 6.07) is 3.86. The van der Waals surface area contributed by atoms with E-state index in [2.05, 4.69) is 5.32 Å². The molecule has 1 saturated carbocycles. The van der Waals surface area contributed by atoms with Crippen LogP contribution < -0.4 is 5.32 Å². The molecule has 16 heavy (non-hydrogen) atoms. The minimum absolute atomic E-state index is 0.0858. The van der Waals surface area contributed by atoms with Crippen LogP contribution in [0.5, 0.6) is 0 Å². The highest BCUT2D eigenvalue weighted by molar-refractivity contribution is 5.21. The first kappa shape index (κ1) is 11.5. The Morgan fingerprint density at radius 1 is 1.25 bits per heavy atom. The number of nitrogens with one attached hydrogen (secondary N) is 1. The van der Waals surface area contributed by atoms with Gasteiger partial charge in [0.15, 0.2) is 0 Å². The van der Waals surface area contributed by atoms with Crippen LogP contribution in [0.25, 0.3) is 0 Å². The van der Waals surface area contributed by atoms with Crippen molar-refractivity contribution in [2.24, 2.45) is 5.92 Å². The third-order valence-electron chi connectivity index (χ3n) is 3.00. The van der Waals surface area contributed by atoms with Crippen LogP contribution in [0.2, 0.25) is 0 Å². The molecule has 3 heteroatoms. The van der Waals surface area contributed by atoms with E-state index in [4.69, 9.17) is 0 Å². The molecule has 0 amide bonds. The molecular formula is C13H17F2N. The summed E-state index contributed by atoms with van der Waals surface area (Å²) in [6.07, 6.45) is 3.48. The van der Waals surface area contributed by atoms with Crippen molar-refractivity contribution in [1.82, 2.24) is 5.32 Å². The first-order chi connectivity index (χ1) is 7.69. The summed E-state index contributed by atoms with van der Waals surface area (Å²) in [4.78, 5) is 0. The number of hydrogen-bond acceptors (Lipinski definition) is 1. The average Bonchev–Trinajstić information content (AvgIpc) is 2.99. The second-order valence-electron chi connectivity index (χ2n) is 4.49. The first-order valence-electron chi connectivity index (χ1n) is 5.88. The Labute approximate surface area is 94.9 Å². The van der Waals surface area contributed by atoms with E-state index in [9.17, 15) is 8.78 Å². The summed E-state index contributed by atoms with van der Waals surface area (Å²) in [5, 5.41) is 3.29. The van der Waals surface area contributed by atoms with Crippen LogP contribution in [-0.2, 0) is 0 Å². The van der Waals surface area contributed by atoms with Crippen LogP contribution in [0.1, 0.15) is 37.8 Å². The van der Waals surface area contributed by atoms with Crippen molar-refractivity contribution in [1.29, 1.82) is 0 Å². The zero-order chi connectivity index (χ0) is 11.5. The van der Waals surface area contributed by atoms with Crippen molar-refractivity contribution < 1.29 is 8.78 Å². The SMILES string of the molecule is CCNC(CC1CC1)c1cc(F)cc(F)c1. The molecule has 1 aromatic carbocycles. The van der Waals surface area contributed by atoms with Gasteiger partial charge in [-0.1, -0.05) is 19.8 Å². The van der Waals surface area contributed by atoms with E-state index < -0.39 is 11.6 Å². The molecule has 0 heterocycles. The highest BCUT2D eigenvalue weighted by Crippen LogP contribution is 2.37. The lowest BCUT2D eigenvalue weighted by atomic mass is 10.0. The van der Waals surface area contributed by atoms with E-state index in [0.717, 1.165) is 30.5 Å². The largest absolute Gasteiger partial charge is 0.310 e.